The summed E-state index contributed by atoms with van der Waals surface area (Å²) >= 11 is 3.43. The number of benzene rings is 2. The normalized spacial score (nSPS) is 14.2. The maximum absolute atomic E-state index is 12.9. The molecule has 1 amide bonds. The number of aromatic nitrogens is 4. The van der Waals surface area contributed by atoms with Crippen LogP contribution in [0.4, 0.5) is 5.82 Å². The Kier molecular flexibility index (Phi) is 5.61. The van der Waals surface area contributed by atoms with E-state index >= 15 is 0 Å². The number of hydrogen-bond donors (Lipinski definition) is 0. The number of fused-ring (bicyclic) bond motifs is 1. The van der Waals surface area contributed by atoms with Crippen molar-refractivity contribution in [2.45, 2.75) is 13.3 Å². The predicted molar refractivity (Wildman–Crippen MR) is 127 cm³/mol. The van der Waals surface area contributed by atoms with Gasteiger partial charge in [0.05, 0.1) is 0 Å². The molecule has 2 aromatic heterocycles. The molecule has 5 rings (SSSR count). The Bertz CT molecular complexity index is 1250. The molecule has 1 saturated heterocycles. The molecule has 32 heavy (non-hydrogen) atoms. The van der Waals surface area contributed by atoms with Crippen molar-refractivity contribution in [2.75, 3.05) is 31.1 Å². The molecule has 1 aliphatic heterocycles. The first-order chi connectivity index (χ1) is 15.6. The molecule has 1 aliphatic rings. The molecule has 0 unspecified atom stereocenters. The lowest BCUT2D eigenvalue weighted by Crippen LogP contribution is -2.49. The molecule has 7 nitrogen and oxygen atoms in total. The van der Waals surface area contributed by atoms with Gasteiger partial charge < -0.3 is 9.80 Å². The number of aryl methyl sites for hydroxylation is 1. The third kappa shape index (κ3) is 3.98. The van der Waals surface area contributed by atoms with Gasteiger partial charge in [0, 0.05) is 53.9 Å². The molecule has 0 atom stereocenters. The third-order valence-corrected chi connectivity index (χ3v) is 6.41. The summed E-state index contributed by atoms with van der Waals surface area (Å²) in [5.74, 6) is 1.69. The van der Waals surface area contributed by atoms with E-state index in [-0.39, 0.29) is 5.91 Å². The van der Waals surface area contributed by atoms with Crippen LogP contribution in [-0.4, -0.2) is 56.6 Å². The Hall–Kier alpha value is -3.26. The topological polar surface area (TPSA) is 66.6 Å². The van der Waals surface area contributed by atoms with Crippen LogP contribution in [0.15, 0.2) is 65.4 Å². The Labute approximate surface area is 194 Å². The number of nitrogens with zero attached hydrogens (tertiary/aromatic N) is 6. The molecule has 2 aromatic carbocycles. The SMILES string of the molecule is Cc1nc2ncnn2c(N2CCN(C(=O)c3ccc(Br)cc3)CC2)c1Cc1ccccc1. The van der Waals surface area contributed by atoms with E-state index < -0.39 is 0 Å². The van der Waals surface area contributed by atoms with Crippen LogP contribution < -0.4 is 4.90 Å². The van der Waals surface area contributed by atoms with Gasteiger partial charge >= 0.3 is 0 Å². The Morgan fingerprint density at radius 3 is 2.44 bits per heavy atom. The molecular formula is C24H23BrN6O. The molecule has 0 N–H and O–H groups in total. The minimum Gasteiger partial charge on any atom is -0.353 e. The number of anilines is 1. The fourth-order valence-electron chi connectivity index (χ4n) is 4.20. The molecule has 0 aliphatic carbocycles. The maximum atomic E-state index is 12.9. The second-order valence-electron chi connectivity index (χ2n) is 7.92. The standard InChI is InChI=1S/C24H23BrN6O/c1-17-21(15-18-5-3-2-4-6-18)22(31-24(28-17)26-16-27-31)29-11-13-30(14-12-29)23(32)19-7-9-20(25)10-8-19/h2-10,16H,11-15H2,1H3. The number of halogens is 1. The van der Waals surface area contributed by atoms with Gasteiger partial charge in [-0.25, -0.2) is 4.98 Å². The van der Waals surface area contributed by atoms with E-state index in [1.165, 1.54) is 5.56 Å². The van der Waals surface area contributed by atoms with Crippen molar-refractivity contribution in [3.8, 4) is 0 Å². The van der Waals surface area contributed by atoms with E-state index in [0.717, 1.165) is 41.1 Å². The highest BCUT2D eigenvalue weighted by Gasteiger charge is 2.26. The zero-order chi connectivity index (χ0) is 22.1. The van der Waals surface area contributed by atoms with Crippen LogP contribution in [0, 0.1) is 6.92 Å². The highest BCUT2D eigenvalue weighted by atomic mass is 79.9. The summed E-state index contributed by atoms with van der Waals surface area (Å²) in [7, 11) is 0. The van der Waals surface area contributed by atoms with Gasteiger partial charge in [-0.1, -0.05) is 46.3 Å². The predicted octanol–water partition coefficient (Wildman–Crippen LogP) is 3.75. The summed E-state index contributed by atoms with van der Waals surface area (Å²) < 4.78 is 2.80. The number of carbonyl (C=O) groups is 1. The van der Waals surface area contributed by atoms with Gasteiger partial charge in [0.15, 0.2) is 0 Å². The van der Waals surface area contributed by atoms with E-state index in [1.54, 1.807) is 6.33 Å². The van der Waals surface area contributed by atoms with Crippen molar-refractivity contribution in [1.82, 2.24) is 24.5 Å². The monoisotopic (exact) mass is 490 g/mol. The van der Waals surface area contributed by atoms with Crippen molar-refractivity contribution < 1.29 is 4.79 Å². The number of hydrogen-bond acceptors (Lipinski definition) is 5. The maximum Gasteiger partial charge on any atom is 0.254 e. The lowest BCUT2D eigenvalue weighted by Gasteiger charge is -2.37. The Morgan fingerprint density at radius 2 is 1.72 bits per heavy atom. The number of rotatable bonds is 4. The zero-order valence-corrected chi connectivity index (χ0v) is 19.4. The molecule has 1 fully saturated rings. The summed E-state index contributed by atoms with van der Waals surface area (Å²) in [5.41, 5.74) is 4.03. The van der Waals surface area contributed by atoms with Gasteiger partial charge in [-0.05, 0) is 36.8 Å². The van der Waals surface area contributed by atoms with Crippen LogP contribution in [0.1, 0.15) is 27.2 Å². The van der Waals surface area contributed by atoms with Crippen molar-refractivity contribution in [3.63, 3.8) is 0 Å². The van der Waals surface area contributed by atoms with Gasteiger partial charge in [0.25, 0.3) is 11.7 Å². The van der Waals surface area contributed by atoms with Gasteiger partial charge in [0.1, 0.15) is 12.1 Å². The minimum atomic E-state index is 0.0680. The quantitative estimate of drug-likeness (QED) is 0.435. The first kappa shape index (κ1) is 20.6. The van der Waals surface area contributed by atoms with Crippen molar-refractivity contribution in [2.24, 2.45) is 0 Å². The van der Waals surface area contributed by atoms with E-state index in [0.29, 0.717) is 24.4 Å². The molecular weight excluding hydrogens is 468 g/mol. The first-order valence-corrected chi connectivity index (χ1v) is 11.4. The summed E-state index contributed by atoms with van der Waals surface area (Å²) in [6, 6.07) is 17.9. The number of piperazine rings is 1. The summed E-state index contributed by atoms with van der Waals surface area (Å²) in [5, 5.41) is 4.46. The van der Waals surface area contributed by atoms with Crippen LogP contribution in [-0.2, 0) is 6.42 Å². The van der Waals surface area contributed by atoms with Crippen molar-refractivity contribution in [1.29, 1.82) is 0 Å². The smallest absolute Gasteiger partial charge is 0.254 e. The molecule has 0 bridgehead atoms. The fourth-order valence-corrected chi connectivity index (χ4v) is 4.46. The number of amides is 1. The van der Waals surface area contributed by atoms with E-state index in [4.69, 9.17) is 0 Å². The van der Waals surface area contributed by atoms with Crippen LogP contribution in [0.5, 0.6) is 0 Å². The average molecular weight is 491 g/mol. The van der Waals surface area contributed by atoms with Crippen molar-refractivity contribution in [3.05, 3.63) is 87.8 Å². The summed E-state index contributed by atoms with van der Waals surface area (Å²) in [6.07, 6.45) is 2.31. The van der Waals surface area contributed by atoms with Gasteiger partial charge in [-0.2, -0.15) is 14.6 Å². The zero-order valence-electron chi connectivity index (χ0n) is 17.8. The van der Waals surface area contributed by atoms with Gasteiger partial charge in [-0.3, -0.25) is 4.79 Å². The van der Waals surface area contributed by atoms with E-state index in [1.807, 2.05) is 46.7 Å². The molecule has 3 heterocycles. The van der Waals surface area contributed by atoms with E-state index in [2.05, 4.69) is 60.2 Å². The molecule has 4 aromatic rings. The molecule has 0 spiro atoms. The highest BCUT2D eigenvalue weighted by molar-refractivity contribution is 9.10. The molecule has 8 heteroatoms. The molecule has 162 valence electrons. The minimum absolute atomic E-state index is 0.0680. The van der Waals surface area contributed by atoms with E-state index in [9.17, 15) is 4.79 Å². The lowest BCUT2D eigenvalue weighted by atomic mass is 10.0. The third-order valence-electron chi connectivity index (χ3n) is 5.89. The fraction of sp³-hybridized carbons (Fsp3) is 0.250. The largest absolute Gasteiger partial charge is 0.353 e. The average Bonchev–Trinajstić information content (AvgIpc) is 3.28. The number of carbonyl (C=O) groups excluding carboxylic acids is 1. The summed E-state index contributed by atoms with van der Waals surface area (Å²) in [6.45, 7) is 4.78. The Balaban J connectivity index is 1.42. The molecule has 0 saturated carbocycles. The second-order valence-corrected chi connectivity index (χ2v) is 8.84. The van der Waals surface area contributed by atoms with Crippen LogP contribution in [0.25, 0.3) is 5.78 Å². The van der Waals surface area contributed by atoms with Crippen LogP contribution in [0.3, 0.4) is 0 Å². The van der Waals surface area contributed by atoms with Crippen molar-refractivity contribution >= 4 is 33.4 Å². The van der Waals surface area contributed by atoms with Gasteiger partial charge in [-0.15, -0.1) is 0 Å². The van der Waals surface area contributed by atoms with Crippen LogP contribution >= 0.6 is 15.9 Å². The highest BCUT2D eigenvalue weighted by Crippen LogP contribution is 2.27. The molecule has 0 radical (unpaired) electrons. The first-order valence-electron chi connectivity index (χ1n) is 10.6. The lowest BCUT2D eigenvalue weighted by molar-refractivity contribution is 0.0746. The van der Waals surface area contributed by atoms with Gasteiger partial charge in [0.2, 0.25) is 0 Å². The van der Waals surface area contributed by atoms with Crippen LogP contribution in [0.2, 0.25) is 0 Å². The summed E-state index contributed by atoms with van der Waals surface area (Å²) in [4.78, 5) is 26.2. The second kappa shape index (κ2) is 8.70. The Morgan fingerprint density at radius 1 is 1.00 bits per heavy atom.